The summed E-state index contributed by atoms with van der Waals surface area (Å²) in [6.07, 6.45) is 5.41. The number of hydrogen-bond donors (Lipinski definition) is 0. The number of rotatable bonds is 2. The van der Waals surface area contributed by atoms with E-state index in [0.29, 0.717) is 0 Å². The van der Waals surface area contributed by atoms with Crippen LogP contribution in [0.5, 0.6) is 0 Å². The van der Waals surface area contributed by atoms with Crippen molar-refractivity contribution < 1.29 is 0 Å². The van der Waals surface area contributed by atoms with E-state index < -0.39 is 0 Å². The first-order valence-corrected chi connectivity index (χ1v) is 4.84. The van der Waals surface area contributed by atoms with Gasteiger partial charge in [-0.1, -0.05) is 23.2 Å². The lowest BCUT2D eigenvalue weighted by molar-refractivity contribution is 0.342. The van der Waals surface area contributed by atoms with E-state index in [1.165, 1.54) is 25.7 Å². The van der Waals surface area contributed by atoms with E-state index >= 15 is 0 Å². The molecule has 0 bridgehead atoms. The van der Waals surface area contributed by atoms with Gasteiger partial charge in [-0.2, -0.15) is 0 Å². The highest BCUT2D eigenvalue weighted by Crippen LogP contribution is 2.30. The van der Waals surface area contributed by atoms with E-state index in [1.54, 1.807) is 0 Å². The van der Waals surface area contributed by atoms with Crippen LogP contribution in [-0.2, 0) is 0 Å². The summed E-state index contributed by atoms with van der Waals surface area (Å²) in [4.78, 5) is 0. The molecule has 0 aromatic heterocycles. The topological polar surface area (TPSA) is 3.24 Å². The SMILES string of the molecule is CCC1CCC(CC)N1P. The Morgan fingerprint density at radius 1 is 1.20 bits per heavy atom. The molecule has 0 radical (unpaired) electrons. The summed E-state index contributed by atoms with van der Waals surface area (Å²) >= 11 is 0. The van der Waals surface area contributed by atoms with Crippen LogP contribution in [0.15, 0.2) is 0 Å². The van der Waals surface area contributed by atoms with Crippen molar-refractivity contribution in [1.29, 1.82) is 0 Å². The zero-order valence-electron chi connectivity index (χ0n) is 7.01. The van der Waals surface area contributed by atoms with Crippen molar-refractivity contribution in [2.75, 3.05) is 0 Å². The lowest BCUT2D eigenvalue weighted by Gasteiger charge is -2.23. The minimum atomic E-state index is 0.843. The molecule has 1 nitrogen and oxygen atoms in total. The predicted octanol–water partition coefficient (Wildman–Crippen LogP) is 2.43. The Labute approximate surface area is 66.4 Å². The summed E-state index contributed by atoms with van der Waals surface area (Å²) in [5, 5.41) is 0. The van der Waals surface area contributed by atoms with Gasteiger partial charge in [0.1, 0.15) is 0 Å². The van der Waals surface area contributed by atoms with E-state index in [0.717, 1.165) is 12.1 Å². The summed E-state index contributed by atoms with van der Waals surface area (Å²) in [6, 6.07) is 1.69. The van der Waals surface area contributed by atoms with Crippen molar-refractivity contribution in [2.24, 2.45) is 0 Å². The second-order valence-corrected chi connectivity index (χ2v) is 3.74. The Balaban J connectivity index is 2.41. The molecule has 1 fully saturated rings. The molecule has 0 saturated carbocycles. The Morgan fingerprint density at radius 2 is 1.60 bits per heavy atom. The van der Waals surface area contributed by atoms with Gasteiger partial charge in [0, 0.05) is 12.1 Å². The van der Waals surface area contributed by atoms with Crippen LogP contribution in [-0.4, -0.2) is 16.8 Å². The maximum Gasteiger partial charge on any atom is 0.0130 e. The van der Waals surface area contributed by atoms with Crippen LogP contribution in [0.25, 0.3) is 0 Å². The highest BCUT2D eigenvalue weighted by Gasteiger charge is 2.27. The van der Waals surface area contributed by atoms with Crippen molar-refractivity contribution in [3.8, 4) is 0 Å². The molecule has 0 spiro atoms. The molecule has 0 amide bonds. The Kier molecular flexibility index (Phi) is 3.13. The van der Waals surface area contributed by atoms with Gasteiger partial charge in [0.15, 0.2) is 0 Å². The molecule has 3 unspecified atom stereocenters. The third kappa shape index (κ3) is 1.52. The van der Waals surface area contributed by atoms with Crippen LogP contribution in [0.2, 0.25) is 0 Å². The number of hydrogen-bond acceptors (Lipinski definition) is 1. The van der Waals surface area contributed by atoms with Crippen LogP contribution in [0.1, 0.15) is 39.5 Å². The summed E-state index contributed by atoms with van der Waals surface area (Å²) < 4.78 is 2.47. The first-order valence-electron chi connectivity index (χ1n) is 4.32. The van der Waals surface area contributed by atoms with Crippen LogP contribution in [0, 0.1) is 0 Å². The molecule has 2 heteroatoms. The van der Waals surface area contributed by atoms with Crippen LogP contribution in [0.4, 0.5) is 0 Å². The minimum Gasteiger partial charge on any atom is -0.281 e. The molecule has 3 atom stereocenters. The molecule has 1 saturated heterocycles. The zero-order valence-corrected chi connectivity index (χ0v) is 8.16. The summed E-state index contributed by atoms with van der Waals surface area (Å²) in [5.41, 5.74) is 0. The molecule has 0 N–H and O–H groups in total. The van der Waals surface area contributed by atoms with Gasteiger partial charge in [0.25, 0.3) is 0 Å². The van der Waals surface area contributed by atoms with Crippen LogP contribution < -0.4 is 0 Å². The number of nitrogens with zero attached hydrogens (tertiary/aromatic N) is 1. The first kappa shape index (κ1) is 8.49. The maximum atomic E-state index is 2.87. The van der Waals surface area contributed by atoms with E-state index in [2.05, 4.69) is 27.9 Å². The lowest BCUT2D eigenvalue weighted by atomic mass is 10.1. The second-order valence-electron chi connectivity index (χ2n) is 3.15. The third-order valence-corrected chi connectivity index (χ3v) is 3.46. The Bertz CT molecular complexity index is 93.4. The molecule has 1 rings (SSSR count). The highest BCUT2D eigenvalue weighted by atomic mass is 31.0. The zero-order chi connectivity index (χ0) is 7.56. The normalized spacial score (nSPS) is 35.1. The monoisotopic (exact) mass is 159 g/mol. The molecule has 1 aliphatic heterocycles. The van der Waals surface area contributed by atoms with Crippen molar-refractivity contribution >= 4 is 9.39 Å². The fraction of sp³-hybridized carbons (Fsp3) is 1.00. The highest BCUT2D eigenvalue weighted by molar-refractivity contribution is 7.13. The van der Waals surface area contributed by atoms with Gasteiger partial charge in [0.05, 0.1) is 0 Å². The Morgan fingerprint density at radius 3 is 1.80 bits per heavy atom. The molecule has 0 aliphatic carbocycles. The Hall–Kier alpha value is 0.390. The van der Waals surface area contributed by atoms with Crippen molar-refractivity contribution in [3.05, 3.63) is 0 Å². The lowest BCUT2D eigenvalue weighted by Crippen LogP contribution is -2.25. The second kappa shape index (κ2) is 3.69. The molecule has 0 aromatic rings. The predicted molar refractivity (Wildman–Crippen MR) is 48.9 cm³/mol. The standard InChI is InChI=1S/C8H18NP/c1-3-7-5-6-8(4-2)9(7)10/h7-8H,3-6,10H2,1-2H3. The minimum absolute atomic E-state index is 0.843. The van der Waals surface area contributed by atoms with Gasteiger partial charge in [-0.05, 0) is 25.7 Å². The van der Waals surface area contributed by atoms with E-state index in [9.17, 15) is 0 Å². The summed E-state index contributed by atoms with van der Waals surface area (Å²) in [6.45, 7) is 4.56. The van der Waals surface area contributed by atoms with Crippen LogP contribution >= 0.6 is 9.39 Å². The van der Waals surface area contributed by atoms with Crippen molar-refractivity contribution in [1.82, 2.24) is 4.67 Å². The van der Waals surface area contributed by atoms with Crippen LogP contribution in [0.3, 0.4) is 0 Å². The molecular weight excluding hydrogens is 141 g/mol. The fourth-order valence-electron chi connectivity index (χ4n) is 1.81. The van der Waals surface area contributed by atoms with Gasteiger partial charge in [-0.25, -0.2) is 0 Å². The van der Waals surface area contributed by atoms with Gasteiger partial charge in [-0.3, -0.25) is 4.67 Å². The largest absolute Gasteiger partial charge is 0.281 e. The van der Waals surface area contributed by atoms with E-state index in [4.69, 9.17) is 0 Å². The quantitative estimate of drug-likeness (QED) is 0.559. The third-order valence-electron chi connectivity index (χ3n) is 2.62. The average molecular weight is 159 g/mol. The van der Waals surface area contributed by atoms with E-state index in [-0.39, 0.29) is 0 Å². The molecule has 10 heavy (non-hydrogen) atoms. The molecular formula is C8H18NP. The molecule has 1 aliphatic rings. The summed E-state index contributed by atoms with van der Waals surface area (Å²) in [7, 11) is 2.87. The van der Waals surface area contributed by atoms with Crippen molar-refractivity contribution in [3.63, 3.8) is 0 Å². The van der Waals surface area contributed by atoms with Gasteiger partial charge in [-0.15, -0.1) is 0 Å². The van der Waals surface area contributed by atoms with Gasteiger partial charge in [0.2, 0.25) is 0 Å². The molecule has 60 valence electrons. The average Bonchev–Trinajstić information content (AvgIpc) is 2.30. The maximum absolute atomic E-state index is 2.87. The first-order chi connectivity index (χ1) is 4.79. The fourth-order valence-corrected chi connectivity index (χ4v) is 2.53. The van der Waals surface area contributed by atoms with E-state index in [1.807, 2.05) is 0 Å². The van der Waals surface area contributed by atoms with Gasteiger partial charge < -0.3 is 0 Å². The smallest absolute Gasteiger partial charge is 0.0130 e. The molecule has 0 aromatic carbocycles. The molecule has 1 heterocycles. The van der Waals surface area contributed by atoms with Crippen molar-refractivity contribution in [2.45, 2.75) is 51.6 Å². The summed E-state index contributed by atoms with van der Waals surface area (Å²) in [5.74, 6) is 0. The van der Waals surface area contributed by atoms with Gasteiger partial charge >= 0.3 is 0 Å².